The van der Waals surface area contributed by atoms with Crippen molar-refractivity contribution in [2.75, 3.05) is 5.32 Å². The molecule has 122 valence electrons. The first-order valence-corrected chi connectivity index (χ1v) is 8.58. The van der Waals surface area contributed by atoms with Crippen LogP contribution in [-0.2, 0) is 0 Å². The fourth-order valence-corrected chi connectivity index (χ4v) is 3.57. The summed E-state index contributed by atoms with van der Waals surface area (Å²) in [5.74, 6) is -0.127. The molecule has 4 nitrogen and oxygen atoms in total. The van der Waals surface area contributed by atoms with Gasteiger partial charge < -0.3 is 10.4 Å². The van der Waals surface area contributed by atoms with Crippen molar-refractivity contribution in [2.24, 2.45) is 0 Å². The Kier molecular flexibility index (Phi) is 3.91. The predicted molar refractivity (Wildman–Crippen MR) is 101 cm³/mol. The lowest BCUT2D eigenvalue weighted by atomic mass is 10.1. The van der Waals surface area contributed by atoms with E-state index in [-0.39, 0.29) is 11.7 Å². The lowest BCUT2D eigenvalue weighted by Crippen LogP contribution is -2.11. The van der Waals surface area contributed by atoms with E-state index in [1.807, 2.05) is 42.5 Å². The zero-order valence-electron chi connectivity index (χ0n) is 13.1. The number of carbonyl (C=O) groups excluding carboxylic acids is 1. The van der Waals surface area contributed by atoms with Crippen molar-refractivity contribution >= 4 is 33.1 Å². The van der Waals surface area contributed by atoms with Crippen molar-refractivity contribution in [3.8, 4) is 16.3 Å². The summed E-state index contributed by atoms with van der Waals surface area (Å²) < 4.78 is 1.07. The van der Waals surface area contributed by atoms with Crippen molar-refractivity contribution in [3.05, 3.63) is 78.4 Å². The van der Waals surface area contributed by atoms with Crippen LogP contribution in [0.2, 0.25) is 0 Å². The zero-order valence-corrected chi connectivity index (χ0v) is 14.0. The normalized spacial score (nSPS) is 10.7. The van der Waals surface area contributed by atoms with Crippen LogP contribution in [0.25, 0.3) is 20.8 Å². The summed E-state index contributed by atoms with van der Waals surface area (Å²) in [6, 6.07) is 21.9. The van der Waals surface area contributed by atoms with Crippen molar-refractivity contribution in [3.63, 3.8) is 0 Å². The molecule has 5 heteroatoms. The fourth-order valence-electron chi connectivity index (χ4n) is 2.57. The van der Waals surface area contributed by atoms with E-state index >= 15 is 0 Å². The number of hydrogen-bond donors (Lipinski definition) is 2. The highest BCUT2D eigenvalue weighted by molar-refractivity contribution is 7.21. The Morgan fingerprint density at radius 2 is 1.72 bits per heavy atom. The molecule has 0 atom stereocenters. The lowest BCUT2D eigenvalue weighted by Gasteiger charge is -2.07. The number of anilines is 1. The number of carbonyl (C=O) groups is 1. The number of rotatable bonds is 3. The van der Waals surface area contributed by atoms with Gasteiger partial charge in [-0.25, -0.2) is 4.98 Å². The molecule has 0 unspecified atom stereocenters. The molecule has 25 heavy (non-hydrogen) atoms. The van der Waals surface area contributed by atoms with Crippen LogP contribution in [0.15, 0.2) is 72.8 Å². The minimum Gasteiger partial charge on any atom is -0.507 e. The third-order valence-corrected chi connectivity index (χ3v) is 4.89. The number of nitrogens with zero attached hydrogens (tertiary/aromatic N) is 1. The van der Waals surface area contributed by atoms with Gasteiger partial charge in [-0.1, -0.05) is 30.3 Å². The Labute approximate surface area is 148 Å². The van der Waals surface area contributed by atoms with Gasteiger partial charge in [0.15, 0.2) is 0 Å². The van der Waals surface area contributed by atoms with Crippen molar-refractivity contribution in [2.45, 2.75) is 0 Å². The van der Waals surface area contributed by atoms with Crippen molar-refractivity contribution in [1.29, 1.82) is 0 Å². The van der Waals surface area contributed by atoms with Gasteiger partial charge in [0.05, 0.1) is 15.8 Å². The van der Waals surface area contributed by atoms with Crippen LogP contribution in [-0.4, -0.2) is 16.0 Å². The number of phenolic OH excluding ortho intramolecular Hbond substituents is 1. The second kappa shape index (κ2) is 6.37. The van der Waals surface area contributed by atoms with E-state index in [0.29, 0.717) is 16.8 Å². The largest absolute Gasteiger partial charge is 0.507 e. The maximum absolute atomic E-state index is 12.2. The minimum absolute atomic E-state index is 0.0879. The van der Waals surface area contributed by atoms with Gasteiger partial charge in [0, 0.05) is 17.3 Å². The van der Waals surface area contributed by atoms with Gasteiger partial charge in [0.25, 0.3) is 5.91 Å². The van der Waals surface area contributed by atoms with E-state index in [2.05, 4.69) is 10.3 Å². The number of para-hydroxylation sites is 1. The second-order valence-electron chi connectivity index (χ2n) is 5.54. The second-order valence-corrected chi connectivity index (χ2v) is 6.57. The highest BCUT2D eigenvalue weighted by Crippen LogP contribution is 2.36. The third-order valence-electron chi connectivity index (χ3n) is 3.82. The average Bonchev–Trinajstić information content (AvgIpc) is 3.06. The van der Waals surface area contributed by atoms with E-state index in [0.717, 1.165) is 15.2 Å². The Hall–Kier alpha value is -3.18. The lowest BCUT2D eigenvalue weighted by molar-refractivity contribution is 0.102. The van der Waals surface area contributed by atoms with Crippen LogP contribution in [0.1, 0.15) is 10.4 Å². The molecule has 0 aliphatic heterocycles. The summed E-state index contributed by atoms with van der Waals surface area (Å²) in [7, 11) is 0. The summed E-state index contributed by atoms with van der Waals surface area (Å²) in [6.45, 7) is 0. The van der Waals surface area contributed by atoms with E-state index < -0.39 is 0 Å². The zero-order chi connectivity index (χ0) is 17.2. The maximum Gasteiger partial charge on any atom is 0.255 e. The molecular formula is C20H14N2O2S. The number of hydrogen-bond acceptors (Lipinski definition) is 4. The highest BCUT2D eigenvalue weighted by atomic mass is 32.1. The quantitative estimate of drug-likeness (QED) is 0.553. The number of aromatic hydroxyl groups is 1. The van der Waals surface area contributed by atoms with E-state index in [1.54, 1.807) is 30.3 Å². The number of fused-ring (bicyclic) bond motifs is 1. The van der Waals surface area contributed by atoms with E-state index in [1.165, 1.54) is 11.3 Å². The van der Waals surface area contributed by atoms with Crippen LogP contribution in [0, 0.1) is 0 Å². The summed E-state index contributed by atoms with van der Waals surface area (Å²) in [5, 5.41) is 13.9. The first-order chi connectivity index (χ1) is 12.2. The summed E-state index contributed by atoms with van der Waals surface area (Å²) in [6.07, 6.45) is 0. The molecular weight excluding hydrogens is 332 g/mol. The molecule has 1 heterocycles. The Morgan fingerprint density at radius 1 is 0.960 bits per heavy atom. The molecule has 4 rings (SSSR count). The summed E-state index contributed by atoms with van der Waals surface area (Å²) in [4.78, 5) is 16.7. The van der Waals surface area contributed by atoms with Gasteiger partial charge in [-0.2, -0.15) is 0 Å². The Bertz CT molecular complexity index is 1020. The summed E-state index contributed by atoms with van der Waals surface area (Å²) >= 11 is 1.52. The molecule has 0 saturated heterocycles. The maximum atomic E-state index is 12.2. The molecule has 0 aliphatic rings. The van der Waals surface area contributed by atoms with Gasteiger partial charge in [-0.05, 0) is 36.4 Å². The first kappa shape index (κ1) is 15.4. The molecule has 0 aliphatic carbocycles. The van der Waals surface area contributed by atoms with Crippen LogP contribution >= 0.6 is 11.3 Å². The molecule has 4 aromatic rings. The minimum atomic E-state index is -0.215. The Balaban J connectivity index is 1.61. The number of benzene rings is 3. The van der Waals surface area contributed by atoms with Gasteiger partial charge >= 0.3 is 0 Å². The third kappa shape index (κ3) is 3.09. The molecule has 0 spiro atoms. The number of aromatic nitrogens is 1. The van der Waals surface area contributed by atoms with Crippen LogP contribution in [0.3, 0.4) is 0 Å². The van der Waals surface area contributed by atoms with E-state index in [9.17, 15) is 9.90 Å². The molecule has 0 saturated carbocycles. The molecule has 0 radical (unpaired) electrons. The van der Waals surface area contributed by atoms with Crippen LogP contribution < -0.4 is 5.32 Å². The average molecular weight is 346 g/mol. The van der Waals surface area contributed by atoms with Crippen molar-refractivity contribution in [1.82, 2.24) is 4.98 Å². The Morgan fingerprint density at radius 3 is 2.48 bits per heavy atom. The summed E-state index contributed by atoms with van der Waals surface area (Å²) in [5.41, 5.74) is 2.66. The fraction of sp³-hybridized carbons (Fsp3) is 0. The molecule has 0 bridgehead atoms. The molecule has 0 fully saturated rings. The van der Waals surface area contributed by atoms with Crippen molar-refractivity contribution < 1.29 is 9.90 Å². The molecule has 1 amide bonds. The van der Waals surface area contributed by atoms with Gasteiger partial charge in [-0.3, -0.25) is 4.79 Å². The number of phenols is 1. The molecule has 3 aromatic carbocycles. The smallest absolute Gasteiger partial charge is 0.255 e. The monoisotopic (exact) mass is 346 g/mol. The number of nitrogens with one attached hydrogen (secondary N) is 1. The van der Waals surface area contributed by atoms with E-state index in [4.69, 9.17) is 0 Å². The predicted octanol–water partition coefficient (Wildman–Crippen LogP) is 4.92. The standard InChI is InChI=1S/C20H14N2O2S/c23-17-12-14(21-19(24)13-6-2-1-3-7-13)10-11-15(17)20-22-16-8-4-5-9-18(16)25-20/h1-12,23H,(H,21,24). The van der Waals surface area contributed by atoms with Crippen LogP contribution in [0.4, 0.5) is 5.69 Å². The van der Waals surface area contributed by atoms with Gasteiger partial charge in [0.1, 0.15) is 10.8 Å². The first-order valence-electron chi connectivity index (χ1n) is 7.76. The van der Waals surface area contributed by atoms with Gasteiger partial charge in [0.2, 0.25) is 0 Å². The topological polar surface area (TPSA) is 62.2 Å². The van der Waals surface area contributed by atoms with Gasteiger partial charge in [-0.15, -0.1) is 11.3 Å². The number of amides is 1. The van der Waals surface area contributed by atoms with Crippen LogP contribution in [0.5, 0.6) is 5.75 Å². The molecule has 2 N–H and O–H groups in total. The highest BCUT2D eigenvalue weighted by Gasteiger charge is 2.12. The SMILES string of the molecule is O=C(Nc1ccc(-c2nc3ccccc3s2)c(O)c1)c1ccccc1. The molecule has 1 aromatic heterocycles. The number of thiazole rings is 1.